The molecule has 3 atom stereocenters. The van der Waals surface area contributed by atoms with Crippen LogP contribution < -0.4 is 21.3 Å². The van der Waals surface area contributed by atoms with Crippen molar-refractivity contribution >= 4 is 46.5 Å². The molecule has 0 saturated heterocycles. The Hall–Kier alpha value is -4.68. The van der Waals surface area contributed by atoms with Crippen LogP contribution in [0.4, 0.5) is 4.79 Å². The van der Waals surface area contributed by atoms with Crippen LogP contribution in [-0.4, -0.2) is 75.7 Å². The predicted octanol–water partition coefficient (Wildman–Crippen LogP) is 3.44. The van der Waals surface area contributed by atoms with Gasteiger partial charge in [-0.25, -0.2) is 14.4 Å². The number of nitrogens with one attached hydrogen (secondary N) is 4. The number of fused-ring (bicyclic) bond motifs is 1. The van der Waals surface area contributed by atoms with E-state index in [9.17, 15) is 39.0 Å². The number of amides is 4. The SMILES string of the molecule is CCC1CCC(C(=O)NC(Cc2ccc3ccccc3c2)C(=O)NCCCCC(NC(=O)N[C@@H](CCC(=O)O)C(=O)O)C(=O)O)CC1. The number of carbonyl (C=O) groups excluding carboxylic acids is 3. The number of carbonyl (C=O) groups is 6. The number of hydrogen-bond acceptors (Lipinski definition) is 6. The second-order valence-corrected chi connectivity index (χ2v) is 12.2. The molecule has 0 spiro atoms. The van der Waals surface area contributed by atoms with Gasteiger partial charge in [-0.2, -0.15) is 0 Å². The molecule has 0 radical (unpaired) electrons. The van der Waals surface area contributed by atoms with E-state index in [0.29, 0.717) is 25.2 Å². The standard InChI is InChI=1S/C34H46N4O9/c1-2-21-10-14-24(15-11-21)30(41)36-28(20-22-12-13-23-7-3-4-8-25(23)19-22)31(42)35-18-6-5-9-26(32(43)44)37-34(47)38-27(33(45)46)16-17-29(39)40/h3-4,7-8,12-13,19,21,24,26-28H,2,5-6,9-11,14-18,20H2,1H3,(H,35,42)(H,36,41)(H,39,40)(H,43,44)(H,45,46)(H2,37,38,47)/t21?,24?,26?,27-,28?/m0/s1. The molecule has 0 aromatic heterocycles. The molecule has 4 amide bonds. The number of urea groups is 1. The summed E-state index contributed by atoms with van der Waals surface area (Å²) in [7, 11) is 0. The van der Waals surface area contributed by atoms with Crippen molar-refractivity contribution in [1.82, 2.24) is 21.3 Å². The molecule has 1 saturated carbocycles. The number of carboxylic acids is 3. The maximum Gasteiger partial charge on any atom is 0.326 e. The molecule has 1 fully saturated rings. The van der Waals surface area contributed by atoms with Gasteiger partial charge in [0.2, 0.25) is 11.8 Å². The summed E-state index contributed by atoms with van der Waals surface area (Å²) >= 11 is 0. The van der Waals surface area contributed by atoms with E-state index in [0.717, 1.165) is 48.4 Å². The third kappa shape index (κ3) is 12.2. The van der Waals surface area contributed by atoms with Crippen LogP contribution in [-0.2, 0) is 30.4 Å². The van der Waals surface area contributed by atoms with Gasteiger partial charge in [-0.15, -0.1) is 0 Å². The monoisotopic (exact) mass is 654 g/mol. The summed E-state index contributed by atoms with van der Waals surface area (Å²) < 4.78 is 0. The smallest absolute Gasteiger partial charge is 0.326 e. The normalized spacial score (nSPS) is 17.9. The highest BCUT2D eigenvalue weighted by Gasteiger charge is 2.29. The Morgan fingerprint density at radius 1 is 0.766 bits per heavy atom. The van der Waals surface area contributed by atoms with Gasteiger partial charge in [-0.1, -0.05) is 55.8 Å². The number of rotatable bonds is 18. The molecule has 0 heterocycles. The van der Waals surface area contributed by atoms with Gasteiger partial charge in [0.1, 0.15) is 18.1 Å². The van der Waals surface area contributed by atoms with Crippen LogP contribution in [0, 0.1) is 11.8 Å². The molecule has 0 aliphatic heterocycles. The summed E-state index contributed by atoms with van der Waals surface area (Å²) in [6.45, 7) is 2.37. The van der Waals surface area contributed by atoms with Gasteiger partial charge in [0.25, 0.3) is 0 Å². The largest absolute Gasteiger partial charge is 0.481 e. The van der Waals surface area contributed by atoms with E-state index in [1.54, 1.807) is 0 Å². The second-order valence-electron chi connectivity index (χ2n) is 12.2. The topological polar surface area (TPSA) is 211 Å². The van der Waals surface area contributed by atoms with Gasteiger partial charge in [-0.3, -0.25) is 14.4 Å². The Balaban J connectivity index is 1.54. The van der Waals surface area contributed by atoms with Gasteiger partial charge < -0.3 is 36.6 Å². The quantitative estimate of drug-likeness (QED) is 0.117. The summed E-state index contributed by atoms with van der Waals surface area (Å²) in [6, 6.07) is 9.16. The van der Waals surface area contributed by atoms with Crippen LogP contribution in [0.25, 0.3) is 10.8 Å². The van der Waals surface area contributed by atoms with Crippen molar-refractivity contribution in [3.8, 4) is 0 Å². The summed E-state index contributed by atoms with van der Waals surface area (Å²) in [5.41, 5.74) is 0.903. The lowest BCUT2D eigenvalue weighted by Crippen LogP contribution is -2.51. The zero-order valence-electron chi connectivity index (χ0n) is 26.7. The first-order valence-electron chi connectivity index (χ1n) is 16.3. The molecule has 256 valence electrons. The third-order valence-corrected chi connectivity index (χ3v) is 8.75. The fourth-order valence-corrected chi connectivity index (χ4v) is 5.88. The van der Waals surface area contributed by atoms with Crippen LogP contribution >= 0.6 is 0 Å². The first-order chi connectivity index (χ1) is 22.5. The van der Waals surface area contributed by atoms with Gasteiger partial charge in [0.05, 0.1) is 0 Å². The van der Waals surface area contributed by atoms with E-state index in [-0.39, 0.29) is 37.1 Å². The van der Waals surface area contributed by atoms with Crippen molar-refractivity contribution in [2.24, 2.45) is 11.8 Å². The molecule has 47 heavy (non-hydrogen) atoms. The molecule has 1 aliphatic carbocycles. The van der Waals surface area contributed by atoms with Crippen molar-refractivity contribution in [1.29, 1.82) is 0 Å². The van der Waals surface area contributed by atoms with Crippen molar-refractivity contribution in [2.45, 2.75) is 95.7 Å². The van der Waals surface area contributed by atoms with Crippen LogP contribution in [0.1, 0.15) is 76.7 Å². The van der Waals surface area contributed by atoms with Gasteiger partial charge in [0.15, 0.2) is 0 Å². The Morgan fingerprint density at radius 2 is 1.40 bits per heavy atom. The zero-order chi connectivity index (χ0) is 34.3. The molecule has 1 aliphatic rings. The lowest BCUT2D eigenvalue weighted by molar-refractivity contribution is -0.141. The molecular formula is C34H46N4O9. The third-order valence-electron chi connectivity index (χ3n) is 8.75. The van der Waals surface area contributed by atoms with Gasteiger partial charge in [-0.05, 0) is 73.6 Å². The number of hydrogen-bond donors (Lipinski definition) is 7. The number of aliphatic carboxylic acids is 3. The second kappa shape index (κ2) is 18.5. The van der Waals surface area contributed by atoms with Crippen molar-refractivity contribution in [3.63, 3.8) is 0 Å². The van der Waals surface area contributed by atoms with E-state index >= 15 is 0 Å². The highest BCUT2D eigenvalue weighted by atomic mass is 16.4. The van der Waals surface area contributed by atoms with E-state index in [1.165, 1.54) is 0 Å². The van der Waals surface area contributed by atoms with E-state index in [4.69, 9.17) is 5.11 Å². The molecular weight excluding hydrogens is 608 g/mol. The minimum atomic E-state index is -1.50. The van der Waals surface area contributed by atoms with Crippen molar-refractivity contribution in [3.05, 3.63) is 48.0 Å². The highest BCUT2D eigenvalue weighted by molar-refractivity contribution is 5.89. The Labute approximate surface area is 273 Å². The van der Waals surface area contributed by atoms with Crippen LogP contribution in [0.15, 0.2) is 42.5 Å². The summed E-state index contributed by atoms with van der Waals surface area (Å²) in [5.74, 6) is -3.97. The average molecular weight is 655 g/mol. The minimum absolute atomic E-state index is 0.00315. The van der Waals surface area contributed by atoms with Gasteiger partial charge >= 0.3 is 23.9 Å². The van der Waals surface area contributed by atoms with Crippen molar-refractivity contribution in [2.75, 3.05) is 6.54 Å². The minimum Gasteiger partial charge on any atom is -0.481 e. The fourth-order valence-electron chi connectivity index (χ4n) is 5.88. The number of carboxylic acid groups (broad SMARTS) is 3. The first-order valence-corrected chi connectivity index (χ1v) is 16.3. The lowest BCUT2D eigenvalue weighted by atomic mass is 9.80. The molecule has 13 nitrogen and oxygen atoms in total. The molecule has 13 heteroatoms. The summed E-state index contributed by atoms with van der Waals surface area (Å²) in [5, 5.41) is 39.8. The lowest BCUT2D eigenvalue weighted by Gasteiger charge is -2.28. The first kappa shape index (κ1) is 36.8. The summed E-state index contributed by atoms with van der Waals surface area (Å²) in [6.07, 6.45) is 4.82. The van der Waals surface area contributed by atoms with E-state index in [1.807, 2.05) is 42.5 Å². The van der Waals surface area contributed by atoms with Gasteiger partial charge in [0, 0.05) is 25.3 Å². The molecule has 3 rings (SSSR count). The summed E-state index contributed by atoms with van der Waals surface area (Å²) in [4.78, 5) is 72.6. The maximum atomic E-state index is 13.4. The zero-order valence-corrected chi connectivity index (χ0v) is 26.7. The number of unbranched alkanes of at least 4 members (excludes halogenated alkanes) is 1. The average Bonchev–Trinajstić information content (AvgIpc) is 3.05. The highest BCUT2D eigenvalue weighted by Crippen LogP contribution is 2.30. The molecule has 0 bridgehead atoms. The van der Waals surface area contributed by atoms with Crippen molar-refractivity contribution < 1.29 is 44.1 Å². The van der Waals surface area contributed by atoms with Crippen LogP contribution in [0.3, 0.4) is 0 Å². The predicted molar refractivity (Wildman–Crippen MR) is 174 cm³/mol. The molecule has 7 N–H and O–H groups in total. The van der Waals surface area contributed by atoms with E-state index in [2.05, 4.69) is 28.2 Å². The van der Waals surface area contributed by atoms with Crippen LogP contribution in [0.5, 0.6) is 0 Å². The maximum absolute atomic E-state index is 13.4. The molecule has 2 unspecified atom stereocenters. The Kier molecular flexibility index (Phi) is 14.4. The molecule has 2 aromatic carbocycles. The van der Waals surface area contributed by atoms with E-state index < -0.39 is 48.5 Å². The fraction of sp³-hybridized carbons (Fsp3) is 0.529. The van der Waals surface area contributed by atoms with Crippen LogP contribution in [0.2, 0.25) is 0 Å². The number of benzene rings is 2. The Bertz CT molecular complexity index is 1410. The Morgan fingerprint density at radius 3 is 2.02 bits per heavy atom. The molecule has 2 aromatic rings.